The fraction of sp³-hybridized carbons (Fsp3) is 0.667. The second kappa shape index (κ2) is 3.00. The van der Waals surface area contributed by atoms with Gasteiger partial charge < -0.3 is 0 Å². The summed E-state index contributed by atoms with van der Waals surface area (Å²) in [5, 5.41) is 0. The van der Waals surface area contributed by atoms with Crippen LogP contribution in [0, 0.1) is 5.92 Å². The van der Waals surface area contributed by atoms with Crippen molar-refractivity contribution in [2.75, 3.05) is 0 Å². The van der Waals surface area contributed by atoms with E-state index < -0.39 is 0 Å². The molecule has 1 fully saturated rings. The highest BCUT2D eigenvalue weighted by Gasteiger charge is 2.21. The molecule has 1 atom stereocenters. The minimum atomic E-state index is 0.255. The molecule has 0 bridgehead atoms. The molecular weight excluding hydrogens is 124 g/mol. The lowest BCUT2D eigenvalue weighted by Crippen LogP contribution is -2.02. The van der Waals surface area contributed by atoms with Crippen LogP contribution in [0.2, 0.25) is 0 Å². The maximum atomic E-state index is 11.1. The van der Waals surface area contributed by atoms with Gasteiger partial charge in [-0.25, -0.2) is 0 Å². The highest BCUT2D eigenvalue weighted by molar-refractivity contribution is 5.84. The molecule has 0 aromatic heterocycles. The highest BCUT2D eigenvalue weighted by atomic mass is 16.1. The van der Waals surface area contributed by atoms with Gasteiger partial charge in [0.05, 0.1) is 0 Å². The van der Waals surface area contributed by atoms with Gasteiger partial charge in [-0.3, -0.25) is 4.79 Å². The molecular formula is C9H14O. The van der Waals surface area contributed by atoms with Crippen LogP contribution in [0.4, 0.5) is 0 Å². The molecule has 1 aliphatic rings. The number of hydrogen-bond donors (Lipinski definition) is 0. The number of allylic oxidation sites excluding steroid dienone is 2. The Morgan fingerprint density at radius 1 is 1.60 bits per heavy atom. The molecule has 0 radical (unpaired) electrons. The Labute approximate surface area is 62.1 Å². The third-order valence-corrected chi connectivity index (χ3v) is 1.89. The van der Waals surface area contributed by atoms with Crippen molar-refractivity contribution in [1.82, 2.24) is 0 Å². The molecule has 0 spiro atoms. The molecule has 10 heavy (non-hydrogen) atoms. The average Bonchev–Trinajstić information content (AvgIpc) is 2.15. The Bertz CT molecular complexity index is 164. The van der Waals surface area contributed by atoms with Crippen LogP contribution in [0.5, 0.6) is 0 Å². The van der Waals surface area contributed by atoms with Gasteiger partial charge in [-0.05, 0) is 26.7 Å². The van der Waals surface area contributed by atoms with E-state index in [0.29, 0.717) is 5.78 Å². The molecule has 1 heteroatoms. The van der Waals surface area contributed by atoms with Crippen LogP contribution < -0.4 is 0 Å². The second-order valence-electron chi connectivity index (χ2n) is 3.21. The van der Waals surface area contributed by atoms with E-state index >= 15 is 0 Å². The van der Waals surface area contributed by atoms with Crippen LogP contribution in [-0.2, 0) is 4.79 Å². The Hall–Kier alpha value is -0.590. The van der Waals surface area contributed by atoms with Crippen LogP contribution in [-0.4, -0.2) is 5.78 Å². The summed E-state index contributed by atoms with van der Waals surface area (Å²) in [4.78, 5) is 11.1. The van der Waals surface area contributed by atoms with Gasteiger partial charge in [0.2, 0.25) is 0 Å². The lowest BCUT2D eigenvalue weighted by molar-refractivity contribution is -0.119. The predicted octanol–water partition coefficient (Wildman–Crippen LogP) is 2.32. The molecule has 1 saturated carbocycles. The number of rotatable bonds is 1. The highest BCUT2D eigenvalue weighted by Crippen LogP contribution is 2.23. The zero-order chi connectivity index (χ0) is 7.56. The Morgan fingerprint density at radius 3 is 2.70 bits per heavy atom. The summed E-state index contributed by atoms with van der Waals surface area (Å²) >= 11 is 0. The van der Waals surface area contributed by atoms with Gasteiger partial charge in [0, 0.05) is 12.3 Å². The first-order valence-electron chi connectivity index (χ1n) is 3.88. The average molecular weight is 138 g/mol. The number of carbonyl (C=O) groups is 1. The molecule has 1 nitrogen and oxygen atoms in total. The topological polar surface area (TPSA) is 17.1 Å². The van der Waals surface area contributed by atoms with Crippen LogP contribution in [0.3, 0.4) is 0 Å². The van der Waals surface area contributed by atoms with Gasteiger partial charge in [-0.2, -0.15) is 0 Å². The van der Waals surface area contributed by atoms with Gasteiger partial charge in [0.1, 0.15) is 5.78 Å². The first kappa shape index (κ1) is 7.52. The lowest BCUT2D eigenvalue weighted by Gasteiger charge is -1.99. The number of carbonyl (C=O) groups excluding carboxylic acids is 1. The minimum absolute atomic E-state index is 0.255. The monoisotopic (exact) mass is 138 g/mol. The lowest BCUT2D eigenvalue weighted by atomic mass is 10.0. The first-order chi connectivity index (χ1) is 4.70. The molecule has 1 aliphatic carbocycles. The van der Waals surface area contributed by atoms with E-state index in [0.717, 1.165) is 19.3 Å². The van der Waals surface area contributed by atoms with Crippen molar-refractivity contribution in [2.45, 2.75) is 33.1 Å². The normalized spacial score (nSPS) is 25.0. The van der Waals surface area contributed by atoms with Crippen molar-refractivity contribution < 1.29 is 4.79 Å². The Balaban J connectivity index is 2.56. The van der Waals surface area contributed by atoms with Crippen molar-refractivity contribution in [3.8, 4) is 0 Å². The predicted molar refractivity (Wildman–Crippen MR) is 41.8 cm³/mol. The van der Waals surface area contributed by atoms with Crippen LogP contribution in [0.15, 0.2) is 11.6 Å². The van der Waals surface area contributed by atoms with E-state index in [1.54, 1.807) is 0 Å². The van der Waals surface area contributed by atoms with Crippen molar-refractivity contribution in [2.24, 2.45) is 5.92 Å². The maximum absolute atomic E-state index is 11.1. The summed E-state index contributed by atoms with van der Waals surface area (Å²) in [5.74, 6) is 0.686. The van der Waals surface area contributed by atoms with Crippen LogP contribution in [0.1, 0.15) is 33.1 Å². The van der Waals surface area contributed by atoms with E-state index in [1.165, 1.54) is 5.57 Å². The molecule has 56 valence electrons. The largest absolute Gasteiger partial charge is 0.299 e. The van der Waals surface area contributed by atoms with Gasteiger partial charge in [-0.1, -0.05) is 11.6 Å². The quantitative estimate of drug-likeness (QED) is 0.508. The molecule has 0 heterocycles. The maximum Gasteiger partial charge on any atom is 0.139 e. The number of hydrogen-bond acceptors (Lipinski definition) is 1. The van der Waals surface area contributed by atoms with E-state index in [9.17, 15) is 4.79 Å². The summed E-state index contributed by atoms with van der Waals surface area (Å²) in [6.45, 7) is 4.09. The number of ketones is 1. The Morgan fingerprint density at radius 2 is 2.30 bits per heavy atom. The molecule has 0 aromatic carbocycles. The fourth-order valence-corrected chi connectivity index (χ4v) is 1.42. The SMILES string of the molecule is CC(C)=CC1CCCC1=O. The van der Waals surface area contributed by atoms with Crippen molar-refractivity contribution in [3.05, 3.63) is 11.6 Å². The van der Waals surface area contributed by atoms with Crippen molar-refractivity contribution >= 4 is 5.78 Å². The summed E-state index contributed by atoms with van der Waals surface area (Å²) in [6, 6.07) is 0. The molecule has 0 amide bonds. The zero-order valence-electron chi connectivity index (χ0n) is 6.68. The van der Waals surface area contributed by atoms with E-state index in [-0.39, 0.29) is 5.92 Å². The molecule has 0 aliphatic heterocycles. The summed E-state index contributed by atoms with van der Waals surface area (Å²) < 4.78 is 0. The van der Waals surface area contributed by atoms with E-state index in [4.69, 9.17) is 0 Å². The summed E-state index contributed by atoms with van der Waals surface area (Å²) in [5.41, 5.74) is 1.26. The minimum Gasteiger partial charge on any atom is -0.299 e. The second-order valence-corrected chi connectivity index (χ2v) is 3.21. The van der Waals surface area contributed by atoms with Crippen molar-refractivity contribution in [3.63, 3.8) is 0 Å². The Kier molecular flexibility index (Phi) is 2.25. The standard InChI is InChI=1S/C9H14O/c1-7(2)6-8-4-3-5-9(8)10/h6,8H,3-5H2,1-2H3. The van der Waals surface area contributed by atoms with Gasteiger partial charge in [0.25, 0.3) is 0 Å². The zero-order valence-corrected chi connectivity index (χ0v) is 6.68. The smallest absolute Gasteiger partial charge is 0.139 e. The third kappa shape index (κ3) is 1.69. The third-order valence-electron chi connectivity index (χ3n) is 1.89. The first-order valence-corrected chi connectivity index (χ1v) is 3.88. The summed E-state index contributed by atoms with van der Waals surface area (Å²) in [7, 11) is 0. The fourth-order valence-electron chi connectivity index (χ4n) is 1.42. The van der Waals surface area contributed by atoms with Crippen LogP contribution in [0.25, 0.3) is 0 Å². The molecule has 0 saturated heterocycles. The molecule has 0 N–H and O–H groups in total. The number of Topliss-reactive ketones (excluding diaryl/α,β-unsaturated/α-hetero) is 1. The van der Waals surface area contributed by atoms with Crippen LogP contribution >= 0.6 is 0 Å². The van der Waals surface area contributed by atoms with E-state index in [2.05, 4.69) is 6.08 Å². The van der Waals surface area contributed by atoms with Crippen molar-refractivity contribution in [1.29, 1.82) is 0 Å². The van der Waals surface area contributed by atoms with Gasteiger partial charge >= 0.3 is 0 Å². The molecule has 1 unspecified atom stereocenters. The summed E-state index contributed by atoms with van der Waals surface area (Å²) in [6.07, 6.45) is 5.06. The molecule has 1 rings (SSSR count). The van der Waals surface area contributed by atoms with Gasteiger partial charge in [0.15, 0.2) is 0 Å². The molecule has 0 aromatic rings. The van der Waals surface area contributed by atoms with E-state index in [1.807, 2.05) is 13.8 Å². The van der Waals surface area contributed by atoms with Gasteiger partial charge in [-0.15, -0.1) is 0 Å².